The van der Waals surface area contributed by atoms with Gasteiger partial charge >= 0.3 is 0 Å². The lowest BCUT2D eigenvalue weighted by Crippen LogP contribution is -2.16. The van der Waals surface area contributed by atoms with Gasteiger partial charge in [0.2, 0.25) is 5.88 Å². The number of rotatable bonds is 7. The number of hydrogen-bond donors (Lipinski definition) is 2. The molecule has 0 aromatic carbocycles. The molecule has 0 atom stereocenters. The first-order valence-electron chi connectivity index (χ1n) is 5.58. The summed E-state index contributed by atoms with van der Waals surface area (Å²) in [7, 11) is 3.53. The third kappa shape index (κ3) is 3.21. The van der Waals surface area contributed by atoms with Crippen LogP contribution in [0.1, 0.15) is 24.1 Å². The Bertz CT molecular complexity index is 323. The zero-order valence-electron chi connectivity index (χ0n) is 10.3. The number of hydrogen-bond acceptors (Lipinski definition) is 4. The summed E-state index contributed by atoms with van der Waals surface area (Å²) in [6, 6.07) is 0. The number of nitrogens with one attached hydrogen (secondary N) is 1. The number of aliphatic hydroxyl groups excluding tert-OH is 1. The molecule has 1 heterocycles. The summed E-state index contributed by atoms with van der Waals surface area (Å²) < 4.78 is 7.05. The molecule has 1 aromatic rings. The molecule has 0 aliphatic carbocycles. The Balaban J connectivity index is 2.46. The molecule has 2 N–H and O–H groups in total. The van der Waals surface area contributed by atoms with Gasteiger partial charge in [-0.2, -0.15) is 5.10 Å². The molecule has 0 spiro atoms. The maximum Gasteiger partial charge on any atom is 0.216 e. The van der Waals surface area contributed by atoms with E-state index in [1.807, 2.05) is 14.0 Å². The molecule has 0 radical (unpaired) electrons. The second-order valence-electron chi connectivity index (χ2n) is 3.80. The summed E-state index contributed by atoms with van der Waals surface area (Å²) in [4.78, 5) is 0. The molecule has 1 aromatic heterocycles. The summed E-state index contributed by atoms with van der Waals surface area (Å²) in [5.41, 5.74) is 2.10. The van der Waals surface area contributed by atoms with Crippen LogP contribution in [-0.2, 0) is 13.6 Å². The van der Waals surface area contributed by atoms with E-state index in [0.717, 1.165) is 43.1 Å². The van der Waals surface area contributed by atoms with Crippen molar-refractivity contribution in [1.82, 2.24) is 15.1 Å². The number of aliphatic hydroxyl groups is 1. The fourth-order valence-electron chi connectivity index (χ4n) is 1.71. The van der Waals surface area contributed by atoms with Crippen LogP contribution in [0.15, 0.2) is 0 Å². The zero-order valence-corrected chi connectivity index (χ0v) is 10.3. The highest BCUT2D eigenvalue weighted by molar-refractivity contribution is 5.30. The van der Waals surface area contributed by atoms with E-state index in [-0.39, 0.29) is 6.61 Å². The predicted octanol–water partition coefficient (Wildman–Crippen LogP) is 0.599. The summed E-state index contributed by atoms with van der Waals surface area (Å²) in [6.07, 6.45) is 1.83. The van der Waals surface area contributed by atoms with E-state index < -0.39 is 0 Å². The van der Waals surface area contributed by atoms with Crippen LogP contribution in [0.2, 0.25) is 0 Å². The molecule has 0 bridgehead atoms. The Morgan fingerprint density at radius 1 is 1.44 bits per heavy atom. The summed E-state index contributed by atoms with van der Waals surface area (Å²) in [5.74, 6) is 0.812. The molecule has 0 aliphatic rings. The first kappa shape index (κ1) is 13.0. The average Bonchev–Trinajstić information content (AvgIpc) is 2.53. The van der Waals surface area contributed by atoms with Crippen LogP contribution < -0.4 is 10.1 Å². The van der Waals surface area contributed by atoms with Crippen LogP contribution in [0.25, 0.3) is 0 Å². The fraction of sp³-hybridized carbons (Fsp3) is 0.727. The van der Waals surface area contributed by atoms with Gasteiger partial charge in [-0.3, -0.25) is 0 Å². The van der Waals surface area contributed by atoms with E-state index in [0.29, 0.717) is 0 Å². The van der Waals surface area contributed by atoms with E-state index in [9.17, 15) is 0 Å². The molecular weight excluding hydrogens is 206 g/mol. The minimum absolute atomic E-state index is 0.261. The van der Waals surface area contributed by atoms with Crippen LogP contribution in [0.3, 0.4) is 0 Å². The average molecular weight is 227 g/mol. The Labute approximate surface area is 96.4 Å². The molecular formula is C11H21N3O2. The molecule has 0 saturated carbocycles. The highest BCUT2D eigenvalue weighted by atomic mass is 16.5. The molecule has 92 valence electrons. The third-order valence-electron chi connectivity index (χ3n) is 2.55. The molecule has 0 aliphatic heterocycles. The number of ether oxygens (including phenoxy) is 1. The van der Waals surface area contributed by atoms with Gasteiger partial charge in [0.15, 0.2) is 0 Å². The topological polar surface area (TPSA) is 59.3 Å². The molecule has 5 nitrogen and oxygen atoms in total. The molecule has 0 saturated heterocycles. The van der Waals surface area contributed by atoms with E-state index in [2.05, 4.69) is 10.4 Å². The first-order valence-corrected chi connectivity index (χ1v) is 5.58. The summed E-state index contributed by atoms with van der Waals surface area (Å²) >= 11 is 0. The number of methoxy groups -OCH3 is 1. The predicted molar refractivity (Wildman–Crippen MR) is 62.5 cm³/mol. The van der Waals surface area contributed by atoms with E-state index >= 15 is 0 Å². The van der Waals surface area contributed by atoms with Crippen LogP contribution >= 0.6 is 0 Å². The lowest BCUT2D eigenvalue weighted by molar-refractivity contribution is 0.283. The van der Waals surface area contributed by atoms with Crippen molar-refractivity contribution in [3.63, 3.8) is 0 Å². The van der Waals surface area contributed by atoms with E-state index in [1.165, 1.54) is 0 Å². The highest BCUT2D eigenvalue weighted by Gasteiger charge is 2.12. The quantitative estimate of drug-likeness (QED) is 0.670. The van der Waals surface area contributed by atoms with Crippen LogP contribution in [0, 0.1) is 6.92 Å². The smallest absolute Gasteiger partial charge is 0.216 e. The summed E-state index contributed by atoms with van der Waals surface area (Å²) in [5, 5.41) is 16.3. The SMILES string of the molecule is COc1c(CNCCCCO)c(C)nn1C. The van der Waals surface area contributed by atoms with Crippen molar-refractivity contribution in [3.8, 4) is 5.88 Å². The molecule has 5 heteroatoms. The van der Waals surface area contributed by atoms with Crippen molar-refractivity contribution in [3.05, 3.63) is 11.3 Å². The van der Waals surface area contributed by atoms with Gasteiger partial charge in [-0.15, -0.1) is 0 Å². The van der Waals surface area contributed by atoms with Crippen molar-refractivity contribution in [2.75, 3.05) is 20.3 Å². The Morgan fingerprint density at radius 2 is 2.19 bits per heavy atom. The zero-order chi connectivity index (χ0) is 12.0. The second-order valence-corrected chi connectivity index (χ2v) is 3.80. The van der Waals surface area contributed by atoms with E-state index in [1.54, 1.807) is 11.8 Å². The van der Waals surface area contributed by atoms with Crippen LogP contribution in [-0.4, -0.2) is 35.1 Å². The highest BCUT2D eigenvalue weighted by Crippen LogP contribution is 2.20. The third-order valence-corrected chi connectivity index (χ3v) is 2.55. The fourth-order valence-corrected chi connectivity index (χ4v) is 1.71. The van der Waals surface area contributed by atoms with Crippen LogP contribution in [0.4, 0.5) is 0 Å². The number of aromatic nitrogens is 2. The van der Waals surface area contributed by atoms with Gasteiger partial charge in [-0.1, -0.05) is 0 Å². The molecule has 0 unspecified atom stereocenters. The van der Waals surface area contributed by atoms with Gasteiger partial charge < -0.3 is 15.2 Å². The van der Waals surface area contributed by atoms with Gasteiger partial charge in [0.1, 0.15) is 0 Å². The monoisotopic (exact) mass is 227 g/mol. The van der Waals surface area contributed by atoms with Gasteiger partial charge in [0, 0.05) is 20.2 Å². The maximum absolute atomic E-state index is 8.65. The normalized spacial score (nSPS) is 10.8. The van der Waals surface area contributed by atoms with Crippen molar-refractivity contribution in [2.45, 2.75) is 26.3 Å². The van der Waals surface area contributed by atoms with Crippen LogP contribution in [0.5, 0.6) is 5.88 Å². The van der Waals surface area contributed by atoms with Gasteiger partial charge in [-0.25, -0.2) is 4.68 Å². The Kier molecular flexibility index (Phi) is 5.28. The minimum Gasteiger partial charge on any atom is -0.481 e. The van der Waals surface area contributed by atoms with E-state index in [4.69, 9.17) is 9.84 Å². The lowest BCUT2D eigenvalue weighted by Gasteiger charge is -2.06. The first-order chi connectivity index (χ1) is 7.70. The van der Waals surface area contributed by atoms with Gasteiger partial charge in [-0.05, 0) is 26.3 Å². The van der Waals surface area contributed by atoms with Gasteiger partial charge in [0.05, 0.1) is 18.4 Å². The molecule has 0 fully saturated rings. The molecule has 1 rings (SSSR count). The lowest BCUT2D eigenvalue weighted by atomic mass is 10.2. The number of nitrogens with zero attached hydrogens (tertiary/aromatic N) is 2. The van der Waals surface area contributed by atoms with Crippen molar-refractivity contribution < 1.29 is 9.84 Å². The number of aryl methyl sites for hydroxylation is 2. The standard InChI is InChI=1S/C11H21N3O2/c1-9-10(8-12-6-4-5-7-15)11(16-3)14(2)13-9/h12,15H,4-8H2,1-3H3. The van der Waals surface area contributed by atoms with Gasteiger partial charge in [0.25, 0.3) is 0 Å². The molecule has 0 amide bonds. The maximum atomic E-state index is 8.65. The Morgan fingerprint density at radius 3 is 2.81 bits per heavy atom. The minimum atomic E-state index is 0.261. The largest absolute Gasteiger partial charge is 0.481 e. The second kappa shape index (κ2) is 6.50. The van der Waals surface area contributed by atoms with Crippen molar-refractivity contribution >= 4 is 0 Å². The van der Waals surface area contributed by atoms with Crippen molar-refractivity contribution in [1.29, 1.82) is 0 Å². The summed E-state index contributed by atoms with van der Waals surface area (Å²) in [6.45, 7) is 3.90. The van der Waals surface area contributed by atoms with Crippen molar-refractivity contribution in [2.24, 2.45) is 7.05 Å². The molecule has 16 heavy (non-hydrogen) atoms. The number of unbranched alkanes of at least 4 members (excludes halogenated alkanes) is 1. The Hall–Kier alpha value is -1.07.